The molecule has 4 fully saturated rings. The molecule has 18 heavy (non-hydrogen) atoms. The summed E-state index contributed by atoms with van der Waals surface area (Å²) in [7, 11) is 0. The Morgan fingerprint density at radius 1 is 0.556 bits per heavy atom. The van der Waals surface area contributed by atoms with Crippen molar-refractivity contribution in [1.82, 2.24) is 0 Å². The Morgan fingerprint density at radius 3 is 1.39 bits per heavy atom. The van der Waals surface area contributed by atoms with Gasteiger partial charge in [-0.2, -0.15) is 0 Å². The zero-order valence-electron chi connectivity index (χ0n) is 11.9. The first-order valence-electron chi connectivity index (χ1n) is 8.88. The molecule has 4 aliphatic rings. The molecular formula is C18H30. The van der Waals surface area contributed by atoms with Gasteiger partial charge in [0.2, 0.25) is 0 Å². The van der Waals surface area contributed by atoms with Crippen LogP contribution in [0.5, 0.6) is 0 Å². The van der Waals surface area contributed by atoms with Gasteiger partial charge >= 0.3 is 0 Å². The molecule has 0 N–H and O–H groups in total. The van der Waals surface area contributed by atoms with Crippen LogP contribution in [0.15, 0.2) is 0 Å². The van der Waals surface area contributed by atoms with Crippen molar-refractivity contribution >= 4 is 0 Å². The zero-order chi connectivity index (χ0) is 11.9. The fourth-order valence-electron chi connectivity index (χ4n) is 6.27. The van der Waals surface area contributed by atoms with Gasteiger partial charge in [0.1, 0.15) is 0 Å². The Balaban J connectivity index is 1.15. The highest BCUT2D eigenvalue weighted by molar-refractivity contribution is 4.91. The summed E-state index contributed by atoms with van der Waals surface area (Å²) in [6, 6.07) is 0. The molecule has 6 atom stereocenters. The van der Waals surface area contributed by atoms with Crippen molar-refractivity contribution < 1.29 is 0 Å². The van der Waals surface area contributed by atoms with Crippen molar-refractivity contribution in [2.24, 2.45) is 35.5 Å². The summed E-state index contributed by atoms with van der Waals surface area (Å²) < 4.78 is 0. The van der Waals surface area contributed by atoms with E-state index in [1.165, 1.54) is 0 Å². The highest BCUT2D eigenvalue weighted by atomic mass is 14.5. The Hall–Kier alpha value is 0. The molecule has 4 rings (SSSR count). The van der Waals surface area contributed by atoms with Gasteiger partial charge in [-0.3, -0.25) is 0 Å². The van der Waals surface area contributed by atoms with E-state index in [1.54, 1.807) is 77.0 Å². The molecule has 4 aliphatic carbocycles. The van der Waals surface area contributed by atoms with Crippen LogP contribution in [0, 0.1) is 35.5 Å². The van der Waals surface area contributed by atoms with Crippen molar-refractivity contribution in [3.63, 3.8) is 0 Å². The van der Waals surface area contributed by atoms with Crippen molar-refractivity contribution in [3.8, 4) is 0 Å². The molecule has 6 unspecified atom stereocenters. The molecule has 0 amide bonds. The summed E-state index contributed by atoms with van der Waals surface area (Å²) in [5.41, 5.74) is 0. The van der Waals surface area contributed by atoms with Gasteiger partial charge in [-0.05, 0) is 74.0 Å². The second-order valence-electron chi connectivity index (χ2n) is 8.15. The maximum Gasteiger partial charge on any atom is -0.0383 e. The van der Waals surface area contributed by atoms with Crippen molar-refractivity contribution in [1.29, 1.82) is 0 Å². The third-order valence-corrected chi connectivity index (χ3v) is 7.17. The minimum absolute atomic E-state index is 1.16. The summed E-state index contributed by atoms with van der Waals surface area (Å²) in [4.78, 5) is 0. The Bertz CT molecular complexity index is 264. The molecule has 0 radical (unpaired) electrons. The third-order valence-electron chi connectivity index (χ3n) is 7.17. The van der Waals surface area contributed by atoms with Gasteiger partial charge in [0.05, 0.1) is 0 Å². The first-order chi connectivity index (χ1) is 8.88. The molecule has 0 aromatic heterocycles. The van der Waals surface area contributed by atoms with Crippen LogP contribution >= 0.6 is 0 Å². The van der Waals surface area contributed by atoms with Crippen LogP contribution in [0.1, 0.15) is 77.0 Å². The molecule has 0 heterocycles. The Morgan fingerprint density at radius 2 is 1.06 bits per heavy atom. The number of fused-ring (bicyclic) bond motifs is 4. The van der Waals surface area contributed by atoms with Crippen LogP contribution in [0.3, 0.4) is 0 Å². The molecule has 0 spiro atoms. The monoisotopic (exact) mass is 246 g/mol. The van der Waals surface area contributed by atoms with Crippen LogP contribution in [-0.4, -0.2) is 0 Å². The van der Waals surface area contributed by atoms with E-state index < -0.39 is 0 Å². The van der Waals surface area contributed by atoms with Gasteiger partial charge < -0.3 is 0 Å². The SMILES string of the molecule is C(CCC1CC2CCC1C2)CC1CC2CCC1C2. The summed E-state index contributed by atoms with van der Waals surface area (Å²) >= 11 is 0. The van der Waals surface area contributed by atoms with E-state index in [2.05, 4.69) is 0 Å². The predicted octanol–water partition coefficient (Wildman–Crippen LogP) is 5.42. The lowest BCUT2D eigenvalue weighted by Gasteiger charge is -2.23. The number of unbranched alkanes of at least 4 members (excludes halogenated alkanes) is 1. The fraction of sp³-hybridized carbons (Fsp3) is 1.00. The topological polar surface area (TPSA) is 0 Å². The smallest absolute Gasteiger partial charge is 0.0383 e. The van der Waals surface area contributed by atoms with Crippen LogP contribution in [0.2, 0.25) is 0 Å². The summed E-state index contributed by atoms with van der Waals surface area (Å²) in [6.45, 7) is 0. The Labute approximate surface area is 113 Å². The van der Waals surface area contributed by atoms with Crippen LogP contribution in [0.4, 0.5) is 0 Å². The average Bonchev–Trinajstić information content (AvgIpc) is 3.13. The lowest BCUT2D eigenvalue weighted by atomic mass is 9.82. The first-order valence-corrected chi connectivity index (χ1v) is 8.88. The van der Waals surface area contributed by atoms with E-state index in [0.29, 0.717) is 0 Å². The fourth-order valence-corrected chi connectivity index (χ4v) is 6.27. The predicted molar refractivity (Wildman–Crippen MR) is 76.3 cm³/mol. The van der Waals surface area contributed by atoms with Crippen molar-refractivity contribution in [3.05, 3.63) is 0 Å². The van der Waals surface area contributed by atoms with Crippen LogP contribution < -0.4 is 0 Å². The van der Waals surface area contributed by atoms with Gasteiger partial charge in [-0.25, -0.2) is 0 Å². The molecule has 102 valence electrons. The molecule has 0 nitrogen and oxygen atoms in total. The molecule has 0 heteroatoms. The quantitative estimate of drug-likeness (QED) is 0.568. The Kier molecular flexibility index (Phi) is 3.17. The van der Waals surface area contributed by atoms with Crippen molar-refractivity contribution in [2.75, 3.05) is 0 Å². The van der Waals surface area contributed by atoms with Gasteiger partial charge in [-0.15, -0.1) is 0 Å². The second-order valence-corrected chi connectivity index (χ2v) is 8.15. The summed E-state index contributed by atoms with van der Waals surface area (Å²) in [5, 5.41) is 0. The van der Waals surface area contributed by atoms with Crippen LogP contribution in [0.25, 0.3) is 0 Å². The number of hydrogen-bond acceptors (Lipinski definition) is 0. The van der Waals surface area contributed by atoms with E-state index in [-0.39, 0.29) is 0 Å². The number of hydrogen-bond donors (Lipinski definition) is 0. The molecule has 4 saturated carbocycles. The average molecular weight is 246 g/mol. The van der Waals surface area contributed by atoms with E-state index in [4.69, 9.17) is 0 Å². The molecular weight excluding hydrogens is 216 g/mol. The van der Waals surface area contributed by atoms with Gasteiger partial charge in [-0.1, -0.05) is 38.5 Å². The lowest BCUT2D eigenvalue weighted by molar-refractivity contribution is 0.280. The maximum absolute atomic E-state index is 1.61. The summed E-state index contributed by atoms with van der Waals surface area (Å²) in [6.07, 6.45) is 19.0. The normalized spacial score (nSPS) is 49.3. The second kappa shape index (κ2) is 4.84. The molecule has 0 aromatic carbocycles. The van der Waals surface area contributed by atoms with Crippen LogP contribution in [-0.2, 0) is 0 Å². The summed E-state index contributed by atoms with van der Waals surface area (Å²) in [5.74, 6) is 6.96. The molecule has 0 aliphatic heterocycles. The van der Waals surface area contributed by atoms with Gasteiger partial charge in [0.25, 0.3) is 0 Å². The molecule has 0 aromatic rings. The van der Waals surface area contributed by atoms with E-state index in [0.717, 1.165) is 35.5 Å². The van der Waals surface area contributed by atoms with E-state index in [9.17, 15) is 0 Å². The minimum Gasteiger partial charge on any atom is -0.0530 e. The highest BCUT2D eigenvalue weighted by Crippen LogP contribution is 2.51. The lowest BCUT2D eigenvalue weighted by Crippen LogP contribution is -2.12. The largest absolute Gasteiger partial charge is 0.0530 e. The van der Waals surface area contributed by atoms with E-state index in [1.807, 2.05) is 0 Å². The molecule has 4 bridgehead atoms. The molecule has 0 saturated heterocycles. The highest BCUT2D eigenvalue weighted by Gasteiger charge is 2.40. The van der Waals surface area contributed by atoms with Gasteiger partial charge in [0.15, 0.2) is 0 Å². The standard InChI is InChI=1S/C18H30/c1(3-15-9-13-5-7-17(15)11-13)2-4-16-10-14-6-8-18(16)12-14/h13-18H,1-12H2. The third kappa shape index (κ3) is 2.14. The van der Waals surface area contributed by atoms with Gasteiger partial charge in [0, 0.05) is 0 Å². The van der Waals surface area contributed by atoms with Crippen molar-refractivity contribution in [2.45, 2.75) is 77.0 Å². The van der Waals surface area contributed by atoms with E-state index >= 15 is 0 Å². The minimum atomic E-state index is 1.16. The first kappa shape index (κ1) is 11.8. The zero-order valence-corrected chi connectivity index (χ0v) is 11.9. The maximum atomic E-state index is 1.61. The number of rotatable bonds is 5.